The van der Waals surface area contributed by atoms with E-state index in [-0.39, 0.29) is 5.97 Å². The van der Waals surface area contributed by atoms with Crippen LogP contribution >= 0.6 is 0 Å². The van der Waals surface area contributed by atoms with Crippen LogP contribution in [0.25, 0.3) is 17.1 Å². The van der Waals surface area contributed by atoms with Gasteiger partial charge in [-0.2, -0.15) is 0 Å². The molecule has 1 N–H and O–H groups in total. The minimum Gasteiger partial charge on any atom is -0.463 e. The van der Waals surface area contributed by atoms with Crippen molar-refractivity contribution < 1.29 is 9.53 Å². The third-order valence-corrected chi connectivity index (χ3v) is 3.77. The molecule has 0 spiro atoms. The lowest BCUT2D eigenvalue weighted by Crippen LogP contribution is -1.98. The molecule has 0 bridgehead atoms. The van der Waals surface area contributed by atoms with Crippen molar-refractivity contribution in [3.8, 4) is 0 Å². The number of H-pyrrole nitrogens is 1. The van der Waals surface area contributed by atoms with Crippen LogP contribution in [0.3, 0.4) is 0 Å². The Morgan fingerprint density at radius 1 is 1.12 bits per heavy atom. The first-order chi connectivity index (χ1) is 11.8. The number of aromatic amines is 1. The zero-order valence-electron chi connectivity index (χ0n) is 13.7. The highest BCUT2D eigenvalue weighted by Gasteiger charge is 2.06. The summed E-state index contributed by atoms with van der Waals surface area (Å²) in [4.78, 5) is 19.5. The van der Waals surface area contributed by atoms with E-state index < -0.39 is 0 Å². The Hall–Kier alpha value is -2.88. The molecular formula is C20H20N2O2. The van der Waals surface area contributed by atoms with Crippen LogP contribution in [0, 0.1) is 0 Å². The molecule has 4 nitrogen and oxygen atoms in total. The number of aryl methyl sites for hydroxylation is 2. The first-order valence-corrected chi connectivity index (χ1v) is 8.12. The van der Waals surface area contributed by atoms with Gasteiger partial charge in [-0.1, -0.05) is 42.5 Å². The van der Waals surface area contributed by atoms with Crippen molar-refractivity contribution in [1.82, 2.24) is 9.97 Å². The fraction of sp³-hybridized carbons (Fsp3) is 0.200. The van der Waals surface area contributed by atoms with Crippen molar-refractivity contribution in [2.24, 2.45) is 0 Å². The fourth-order valence-corrected chi connectivity index (χ4v) is 2.61. The summed E-state index contributed by atoms with van der Waals surface area (Å²) in [6, 6.07) is 16.2. The Balaban J connectivity index is 1.78. The molecule has 0 aliphatic heterocycles. The Kier molecular flexibility index (Phi) is 5.06. The van der Waals surface area contributed by atoms with Crippen LogP contribution in [0.15, 0.2) is 54.6 Å². The lowest BCUT2D eigenvalue weighted by Gasteiger charge is -1.98. The standard InChI is InChI=1S/C20H20N2O2/c1-2-24-19(23)14-12-16-9-6-10-17-20(16)22-18(21-17)13-11-15-7-4-3-5-8-15/h3-10,12,14H,2,11,13H2,1H3,(H,21,22). The van der Waals surface area contributed by atoms with Gasteiger partial charge in [-0.05, 0) is 31.1 Å². The number of ether oxygens (including phenoxy) is 1. The summed E-state index contributed by atoms with van der Waals surface area (Å²) in [5, 5.41) is 0. The van der Waals surface area contributed by atoms with Crippen molar-refractivity contribution in [2.75, 3.05) is 6.61 Å². The summed E-state index contributed by atoms with van der Waals surface area (Å²) in [6.45, 7) is 2.17. The number of imidazole rings is 1. The van der Waals surface area contributed by atoms with E-state index in [0.29, 0.717) is 6.61 Å². The van der Waals surface area contributed by atoms with Crippen LogP contribution in [0.2, 0.25) is 0 Å². The number of para-hydroxylation sites is 1. The number of fused-ring (bicyclic) bond motifs is 1. The van der Waals surface area contributed by atoms with Crippen molar-refractivity contribution in [1.29, 1.82) is 0 Å². The molecule has 0 atom stereocenters. The normalized spacial score (nSPS) is 11.2. The lowest BCUT2D eigenvalue weighted by atomic mass is 10.1. The summed E-state index contributed by atoms with van der Waals surface area (Å²) in [5.41, 5.74) is 4.05. The summed E-state index contributed by atoms with van der Waals surface area (Å²) >= 11 is 0. The van der Waals surface area contributed by atoms with Crippen LogP contribution in [0.5, 0.6) is 0 Å². The van der Waals surface area contributed by atoms with E-state index in [0.717, 1.165) is 35.3 Å². The van der Waals surface area contributed by atoms with E-state index in [2.05, 4.69) is 17.1 Å². The number of benzene rings is 2. The number of nitrogens with one attached hydrogen (secondary N) is 1. The maximum absolute atomic E-state index is 11.5. The number of carbonyl (C=O) groups is 1. The molecular weight excluding hydrogens is 300 g/mol. The van der Waals surface area contributed by atoms with E-state index in [9.17, 15) is 4.79 Å². The first-order valence-electron chi connectivity index (χ1n) is 8.12. The van der Waals surface area contributed by atoms with E-state index in [1.165, 1.54) is 11.6 Å². The molecule has 2 aromatic carbocycles. The van der Waals surface area contributed by atoms with E-state index in [1.807, 2.05) is 36.4 Å². The number of hydrogen-bond donors (Lipinski definition) is 1. The summed E-state index contributed by atoms with van der Waals surface area (Å²) < 4.78 is 4.91. The number of esters is 1. The quantitative estimate of drug-likeness (QED) is 0.553. The van der Waals surface area contributed by atoms with Crippen LogP contribution in [-0.2, 0) is 22.4 Å². The van der Waals surface area contributed by atoms with E-state index in [4.69, 9.17) is 9.72 Å². The lowest BCUT2D eigenvalue weighted by molar-refractivity contribution is -0.137. The second-order valence-corrected chi connectivity index (χ2v) is 5.50. The molecule has 1 aromatic heterocycles. The van der Waals surface area contributed by atoms with Gasteiger partial charge < -0.3 is 9.72 Å². The van der Waals surface area contributed by atoms with Crippen LogP contribution in [0.1, 0.15) is 23.9 Å². The molecule has 122 valence electrons. The van der Waals surface area contributed by atoms with E-state index in [1.54, 1.807) is 13.0 Å². The molecule has 0 aliphatic carbocycles. The van der Waals surface area contributed by atoms with Crippen molar-refractivity contribution in [2.45, 2.75) is 19.8 Å². The zero-order chi connectivity index (χ0) is 16.8. The highest BCUT2D eigenvalue weighted by atomic mass is 16.5. The Morgan fingerprint density at radius 3 is 2.75 bits per heavy atom. The maximum atomic E-state index is 11.5. The maximum Gasteiger partial charge on any atom is 0.330 e. The molecule has 0 aliphatic rings. The van der Waals surface area contributed by atoms with Gasteiger partial charge in [0.05, 0.1) is 17.6 Å². The predicted octanol–water partition coefficient (Wildman–Crippen LogP) is 3.92. The van der Waals surface area contributed by atoms with Gasteiger partial charge in [0.15, 0.2) is 0 Å². The minimum absolute atomic E-state index is 0.339. The van der Waals surface area contributed by atoms with Crippen LogP contribution < -0.4 is 0 Å². The fourth-order valence-electron chi connectivity index (χ4n) is 2.61. The van der Waals surface area contributed by atoms with Gasteiger partial charge in [0.2, 0.25) is 0 Å². The summed E-state index contributed by atoms with van der Waals surface area (Å²) in [6.07, 6.45) is 4.98. The second-order valence-electron chi connectivity index (χ2n) is 5.50. The highest BCUT2D eigenvalue weighted by molar-refractivity contribution is 5.92. The van der Waals surface area contributed by atoms with Gasteiger partial charge in [-0.3, -0.25) is 0 Å². The molecule has 0 saturated carbocycles. The van der Waals surface area contributed by atoms with Gasteiger partial charge in [-0.15, -0.1) is 0 Å². The molecule has 0 fully saturated rings. The Bertz CT molecular complexity index is 850. The van der Waals surface area contributed by atoms with Crippen LogP contribution in [0.4, 0.5) is 0 Å². The number of rotatable bonds is 6. The molecule has 24 heavy (non-hydrogen) atoms. The third-order valence-electron chi connectivity index (χ3n) is 3.77. The van der Waals surface area contributed by atoms with Crippen molar-refractivity contribution in [3.05, 3.63) is 71.6 Å². The highest BCUT2D eigenvalue weighted by Crippen LogP contribution is 2.19. The molecule has 3 rings (SSSR count). The van der Waals surface area contributed by atoms with Gasteiger partial charge in [0.25, 0.3) is 0 Å². The summed E-state index contributed by atoms with van der Waals surface area (Å²) in [5.74, 6) is 0.611. The predicted molar refractivity (Wildman–Crippen MR) is 95.6 cm³/mol. The molecule has 1 heterocycles. The third kappa shape index (κ3) is 3.90. The molecule has 0 unspecified atom stereocenters. The van der Waals surface area contributed by atoms with Crippen molar-refractivity contribution >= 4 is 23.1 Å². The number of carbonyl (C=O) groups excluding carboxylic acids is 1. The van der Waals surface area contributed by atoms with Gasteiger partial charge in [0.1, 0.15) is 5.82 Å². The van der Waals surface area contributed by atoms with E-state index >= 15 is 0 Å². The number of aromatic nitrogens is 2. The van der Waals surface area contributed by atoms with Crippen LogP contribution in [-0.4, -0.2) is 22.5 Å². The number of hydrogen-bond acceptors (Lipinski definition) is 3. The molecule has 0 amide bonds. The zero-order valence-corrected chi connectivity index (χ0v) is 13.7. The minimum atomic E-state index is -0.339. The average molecular weight is 320 g/mol. The van der Waals surface area contributed by atoms with Crippen molar-refractivity contribution in [3.63, 3.8) is 0 Å². The SMILES string of the molecule is CCOC(=O)C=Cc1cccc2[nH]c(CCc3ccccc3)nc12. The average Bonchev–Trinajstić information content (AvgIpc) is 3.03. The van der Waals surface area contributed by atoms with Gasteiger partial charge >= 0.3 is 5.97 Å². The van der Waals surface area contributed by atoms with Gasteiger partial charge in [-0.25, -0.2) is 9.78 Å². The number of nitrogens with zero attached hydrogens (tertiary/aromatic N) is 1. The second kappa shape index (κ2) is 7.59. The molecule has 4 heteroatoms. The summed E-state index contributed by atoms with van der Waals surface area (Å²) in [7, 11) is 0. The Morgan fingerprint density at radius 2 is 1.96 bits per heavy atom. The van der Waals surface area contributed by atoms with Gasteiger partial charge in [0, 0.05) is 18.1 Å². The largest absolute Gasteiger partial charge is 0.463 e. The monoisotopic (exact) mass is 320 g/mol. The first kappa shape index (κ1) is 16.0. The molecule has 0 saturated heterocycles. The topological polar surface area (TPSA) is 55.0 Å². The molecule has 3 aromatic rings. The smallest absolute Gasteiger partial charge is 0.330 e. The Labute approximate surface area is 141 Å². The molecule has 0 radical (unpaired) electrons.